The number of cyclic esters (lactones) is 1. The Bertz CT molecular complexity index is 168. The third-order valence-electron chi connectivity index (χ3n) is 1.68. The van der Waals surface area contributed by atoms with Crippen molar-refractivity contribution in [2.24, 2.45) is 0 Å². The van der Waals surface area contributed by atoms with E-state index in [0.717, 1.165) is 0 Å². The summed E-state index contributed by atoms with van der Waals surface area (Å²) in [4.78, 5) is 10.8. The molecule has 2 atom stereocenters. The first-order chi connectivity index (χ1) is 5.12. The standard InChI is InChI=1S/C6H10O5/c7-2-4-1-6(10,3-8)5(9)11-4/h4,7-8,10H,1-3H2/t4-,6-/m0/s1. The molecule has 0 saturated carbocycles. The van der Waals surface area contributed by atoms with Gasteiger partial charge in [0.2, 0.25) is 0 Å². The lowest BCUT2D eigenvalue weighted by Gasteiger charge is -2.12. The van der Waals surface area contributed by atoms with Crippen LogP contribution < -0.4 is 0 Å². The van der Waals surface area contributed by atoms with E-state index in [0.29, 0.717) is 0 Å². The lowest BCUT2D eigenvalue weighted by Crippen LogP contribution is -2.38. The zero-order valence-electron chi connectivity index (χ0n) is 5.86. The van der Waals surface area contributed by atoms with Crippen molar-refractivity contribution >= 4 is 5.97 Å². The van der Waals surface area contributed by atoms with Crippen LogP contribution in [0.25, 0.3) is 0 Å². The summed E-state index contributed by atoms with van der Waals surface area (Å²) in [5, 5.41) is 26.4. The van der Waals surface area contributed by atoms with Gasteiger partial charge < -0.3 is 20.1 Å². The highest BCUT2D eigenvalue weighted by Gasteiger charge is 2.47. The van der Waals surface area contributed by atoms with Gasteiger partial charge in [0.1, 0.15) is 6.10 Å². The molecule has 11 heavy (non-hydrogen) atoms. The molecule has 0 unspecified atom stereocenters. The Labute approximate surface area is 63.2 Å². The number of hydrogen-bond acceptors (Lipinski definition) is 5. The third kappa shape index (κ3) is 1.35. The van der Waals surface area contributed by atoms with E-state index in [1.807, 2.05) is 0 Å². The van der Waals surface area contributed by atoms with E-state index in [-0.39, 0.29) is 13.0 Å². The summed E-state index contributed by atoms with van der Waals surface area (Å²) in [7, 11) is 0. The van der Waals surface area contributed by atoms with Gasteiger partial charge in [-0.1, -0.05) is 0 Å². The molecule has 3 N–H and O–H groups in total. The second-order valence-electron chi connectivity index (χ2n) is 2.60. The van der Waals surface area contributed by atoms with Crippen LogP contribution >= 0.6 is 0 Å². The fourth-order valence-electron chi connectivity index (χ4n) is 0.994. The normalized spacial score (nSPS) is 37.4. The third-order valence-corrected chi connectivity index (χ3v) is 1.68. The fourth-order valence-corrected chi connectivity index (χ4v) is 0.994. The molecule has 0 aromatic rings. The molecule has 5 nitrogen and oxygen atoms in total. The first kappa shape index (κ1) is 8.45. The molecule has 0 aromatic carbocycles. The van der Waals surface area contributed by atoms with E-state index in [2.05, 4.69) is 4.74 Å². The summed E-state index contributed by atoms with van der Waals surface area (Å²) < 4.78 is 4.52. The van der Waals surface area contributed by atoms with Crippen LogP contribution in [-0.2, 0) is 9.53 Å². The number of hydrogen-bond donors (Lipinski definition) is 3. The van der Waals surface area contributed by atoms with E-state index < -0.39 is 24.3 Å². The average molecular weight is 162 g/mol. The molecular formula is C6H10O5. The highest BCUT2D eigenvalue weighted by molar-refractivity contribution is 5.81. The van der Waals surface area contributed by atoms with Gasteiger partial charge in [0, 0.05) is 6.42 Å². The predicted octanol–water partition coefficient (Wildman–Crippen LogP) is -1.98. The van der Waals surface area contributed by atoms with Crippen molar-refractivity contribution in [3.63, 3.8) is 0 Å². The van der Waals surface area contributed by atoms with Gasteiger partial charge in [-0.25, -0.2) is 4.79 Å². The van der Waals surface area contributed by atoms with E-state index in [1.54, 1.807) is 0 Å². The molecule has 0 spiro atoms. The zero-order valence-corrected chi connectivity index (χ0v) is 5.86. The predicted molar refractivity (Wildman–Crippen MR) is 33.6 cm³/mol. The number of rotatable bonds is 2. The Hall–Kier alpha value is -0.650. The molecule has 1 aliphatic heterocycles. The Morgan fingerprint density at radius 3 is 2.55 bits per heavy atom. The van der Waals surface area contributed by atoms with Crippen molar-refractivity contribution in [3.8, 4) is 0 Å². The molecule has 1 heterocycles. The molecule has 0 amide bonds. The monoisotopic (exact) mass is 162 g/mol. The Balaban J connectivity index is 2.65. The Morgan fingerprint density at radius 1 is 1.64 bits per heavy atom. The topological polar surface area (TPSA) is 87.0 Å². The lowest BCUT2D eigenvalue weighted by molar-refractivity contribution is -0.158. The highest BCUT2D eigenvalue weighted by Crippen LogP contribution is 2.24. The number of carbonyl (C=O) groups excluding carboxylic acids is 1. The van der Waals surface area contributed by atoms with Crippen LogP contribution in [-0.4, -0.2) is 46.2 Å². The van der Waals surface area contributed by atoms with Crippen molar-refractivity contribution < 1.29 is 24.9 Å². The Morgan fingerprint density at radius 2 is 2.27 bits per heavy atom. The zero-order chi connectivity index (χ0) is 8.48. The number of esters is 1. The largest absolute Gasteiger partial charge is 0.458 e. The molecule has 64 valence electrons. The van der Waals surface area contributed by atoms with Gasteiger partial charge in [-0.15, -0.1) is 0 Å². The SMILES string of the molecule is O=C1O[C@H](CO)C[C@]1(O)CO. The van der Waals surface area contributed by atoms with Gasteiger partial charge in [0.25, 0.3) is 0 Å². The minimum absolute atomic E-state index is 0.0428. The summed E-state index contributed by atoms with van der Waals surface area (Å²) in [6, 6.07) is 0. The second kappa shape index (κ2) is 2.77. The molecule has 0 radical (unpaired) electrons. The smallest absolute Gasteiger partial charge is 0.341 e. The van der Waals surface area contributed by atoms with Gasteiger partial charge in [-0.2, -0.15) is 0 Å². The van der Waals surface area contributed by atoms with Crippen LogP contribution in [0.4, 0.5) is 0 Å². The maximum absolute atomic E-state index is 10.8. The van der Waals surface area contributed by atoms with E-state index in [1.165, 1.54) is 0 Å². The van der Waals surface area contributed by atoms with E-state index >= 15 is 0 Å². The Kier molecular flexibility index (Phi) is 2.12. The summed E-state index contributed by atoms with van der Waals surface area (Å²) >= 11 is 0. The quantitative estimate of drug-likeness (QED) is 0.409. The van der Waals surface area contributed by atoms with Crippen molar-refractivity contribution in [2.45, 2.75) is 18.1 Å². The van der Waals surface area contributed by atoms with Crippen molar-refractivity contribution in [1.29, 1.82) is 0 Å². The van der Waals surface area contributed by atoms with Crippen molar-refractivity contribution in [3.05, 3.63) is 0 Å². The van der Waals surface area contributed by atoms with Gasteiger partial charge in [-0.3, -0.25) is 0 Å². The fraction of sp³-hybridized carbons (Fsp3) is 0.833. The summed E-state index contributed by atoms with van der Waals surface area (Å²) in [6.07, 6.45) is -0.724. The lowest BCUT2D eigenvalue weighted by atomic mass is 10.0. The van der Waals surface area contributed by atoms with Gasteiger partial charge in [-0.05, 0) is 0 Å². The first-order valence-corrected chi connectivity index (χ1v) is 3.27. The molecule has 1 fully saturated rings. The van der Waals surface area contributed by atoms with Crippen LogP contribution in [0.15, 0.2) is 0 Å². The van der Waals surface area contributed by atoms with Crippen molar-refractivity contribution in [1.82, 2.24) is 0 Å². The van der Waals surface area contributed by atoms with Crippen LogP contribution in [0.3, 0.4) is 0 Å². The number of carbonyl (C=O) groups is 1. The maximum Gasteiger partial charge on any atom is 0.341 e. The van der Waals surface area contributed by atoms with Crippen LogP contribution in [0.1, 0.15) is 6.42 Å². The van der Waals surface area contributed by atoms with Crippen LogP contribution in [0.2, 0.25) is 0 Å². The molecule has 5 heteroatoms. The maximum atomic E-state index is 10.8. The van der Waals surface area contributed by atoms with Crippen LogP contribution in [0.5, 0.6) is 0 Å². The molecule has 1 saturated heterocycles. The molecule has 0 aromatic heterocycles. The highest BCUT2D eigenvalue weighted by atomic mass is 16.6. The summed E-state index contributed by atoms with van der Waals surface area (Å²) in [5.41, 5.74) is -1.80. The molecular weight excluding hydrogens is 152 g/mol. The van der Waals surface area contributed by atoms with Gasteiger partial charge in [0.15, 0.2) is 5.60 Å². The molecule has 1 rings (SSSR count). The molecule has 0 aliphatic carbocycles. The second-order valence-corrected chi connectivity index (χ2v) is 2.60. The van der Waals surface area contributed by atoms with E-state index in [4.69, 9.17) is 10.2 Å². The molecule has 0 bridgehead atoms. The van der Waals surface area contributed by atoms with Crippen molar-refractivity contribution in [2.75, 3.05) is 13.2 Å². The van der Waals surface area contributed by atoms with E-state index in [9.17, 15) is 9.90 Å². The summed E-state index contributed by atoms with van der Waals surface area (Å²) in [5.74, 6) is -0.862. The van der Waals surface area contributed by atoms with Crippen LogP contribution in [0, 0.1) is 0 Å². The minimum atomic E-state index is -1.80. The van der Waals surface area contributed by atoms with Gasteiger partial charge in [0.05, 0.1) is 13.2 Å². The number of aliphatic hydroxyl groups excluding tert-OH is 2. The number of ether oxygens (including phenoxy) is 1. The number of aliphatic hydroxyl groups is 3. The van der Waals surface area contributed by atoms with Gasteiger partial charge >= 0.3 is 5.97 Å². The molecule has 1 aliphatic rings. The first-order valence-electron chi connectivity index (χ1n) is 3.27. The average Bonchev–Trinajstić information content (AvgIpc) is 2.29. The minimum Gasteiger partial charge on any atom is -0.458 e. The summed E-state index contributed by atoms with van der Waals surface area (Å²) in [6.45, 7) is -0.990.